The summed E-state index contributed by atoms with van der Waals surface area (Å²) in [6, 6.07) is 0. The molecular weight excluding hydrogens is 174 g/mol. The Hall–Kier alpha value is -0.0900. The third-order valence-corrected chi connectivity index (χ3v) is 2.55. The minimum absolute atomic E-state index is 0.249. The summed E-state index contributed by atoms with van der Waals surface area (Å²) in [4.78, 5) is 0. The summed E-state index contributed by atoms with van der Waals surface area (Å²) in [5.74, 6) is 0.249. The average Bonchev–Trinajstić information content (AvgIpc) is 1.94. The highest BCUT2D eigenvalue weighted by atomic mass is 32.2. The van der Waals surface area contributed by atoms with Gasteiger partial charge in [0.1, 0.15) is 9.84 Å². The number of hydrogen-bond acceptors (Lipinski definition) is 3. The molecule has 0 aliphatic carbocycles. The van der Waals surface area contributed by atoms with E-state index >= 15 is 0 Å². The normalized spacial score (nSPS) is 11.8. The summed E-state index contributed by atoms with van der Waals surface area (Å²) in [7, 11) is -2.78. The molecular formula is C8H19NO2S. The molecule has 0 radical (unpaired) electrons. The van der Waals surface area contributed by atoms with Gasteiger partial charge in [-0.1, -0.05) is 19.8 Å². The third kappa shape index (κ3) is 9.91. The standard InChI is InChI=1S/C8H19NO2S/c1-3-4-5-6-9-7-8-12(2,10)11/h9H,3-8H2,1-2H3. The van der Waals surface area contributed by atoms with Gasteiger partial charge in [-0.15, -0.1) is 0 Å². The maximum absolute atomic E-state index is 10.7. The number of nitrogens with one attached hydrogen (secondary N) is 1. The molecule has 0 saturated carbocycles. The fourth-order valence-electron chi connectivity index (χ4n) is 0.883. The molecule has 0 aromatic carbocycles. The molecule has 0 aromatic heterocycles. The quantitative estimate of drug-likeness (QED) is 0.609. The first-order valence-electron chi connectivity index (χ1n) is 4.44. The Morgan fingerprint density at radius 2 is 1.83 bits per heavy atom. The minimum atomic E-state index is -2.78. The van der Waals surface area contributed by atoms with E-state index in [4.69, 9.17) is 0 Å². The summed E-state index contributed by atoms with van der Waals surface area (Å²) in [6.07, 6.45) is 4.82. The molecule has 0 fully saturated rings. The van der Waals surface area contributed by atoms with Crippen molar-refractivity contribution in [2.45, 2.75) is 26.2 Å². The maximum Gasteiger partial charge on any atom is 0.148 e. The van der Waals surface area contributed by atoms with Gasteiger partial charge in [0.2, 0.25) is 0 Å². The van der Waals surface area contributed by atoms with Gasteiger partial charge in [0.25, 0.3) is 0 Å². The van der Waals surface area contributed by atoms with E-state index in [2.05, 4.69) is 12.2 Å². The summed E-state index contributed by atoms with van der Waals surface area (Å²) < 4.78 is 21.4. The molecule has 0 aliphatic rings. The van der Waals surface area contributed by atoms with E-state index in [1.165, 1.54) is 19.1 Å². The SMILES string of the molecule is CCCCCNCCS(C)(=O)=O. The van der Waals surface area contributed by atoms with Gasteiger partial charge in [0.15, 0.2) is 0 Å². The molecule has 0 aliphatic heterocycles. The van der Waals surface area contributed by atoms with Crippen LogP contribution in [0.3, 0.4) is 0 Å². The lowest BCUT2D eigenvalue weighted by Crippen LogP contribution is -2.23. The van der Waals surface area contributed by atoms with Crippen LogP contribution in [0.2, 0.25) is 0 Å². The fraction of sp³-hybridized carbons (Fsp3) is 1.00. The molecule has 74 valence electrons. The average molecular weight is 193 g/mol. The molecule has 0 atom stereocenters. The Balaban J connectivity index is 3.12. The zero-order valence-electron chi connectivity index (χ0n) is 7.97. The van der Waals surface area contributed by atoms with Crippen LogP contribution in [0.4, 0.5) is 0 Å². The lowest BCUT2D eigenvalue weighted by atomic mass is 10.2. The van der Waals surface area contributed by atoms with Gasteiger partial charge >= 0.3 is 0 Å². The van der Waals surface area contributed by atoms with Crippen molar-refractivity contribution in [3.8, 4) is 0 Å². The highest BCUT2D eigenvalue weighted by Crippen LogP contribution is 1.90. The number of hydrogen-bond donors (Lipinski definition) is 1. The van der Waals surface area contributed by atoms with Crippen LogP contribution >= 0.6 is 0 Å². The van der Waals surface area contributed by atoms with E-state index in [0.717, 1.165) is 13.0 Å². The smallest absolute Gasteiger partial charge is 0.148 e. The van der Waals surface area contributed by atoms with Crippen LogP contribution < -0.4 is 5.32 Å². The first-order chi connectivity index (χ1) is 5.56. The number of unbranched alkanes of at least 4 members (excludes halogenated alkanes) is 2. The molecule has 0 amide bonds. The Morgan fingerprint density at radius 1 is 1.17 bits per heavy atom. The number of rotatable bonds is 7. The lowest BCUT2D eigenvalue weighted by Gasteiger charge is -2.02. The van der Waals surface area contributed by atoms with Gasteiger partial charge in [0, 0.05) is 12.8 Å². The Morgan fingerprint density at radius 3 is 2.33 bits per heavy atom. The fourth-order valence-corrected chi connectivity index (χ4v) is 1.40. The van der Waals surface area contributed by atoms with Crippen molar-refractivity contribution >= 4 is 9.84 Å². The van der Waals surface area contributed by atoms with Crippen molar-refractivity contribution in [2.24, 2.45) is 0 Å². The highest BCUT2D eigenvalue weighted by Gasteiger charge is 1.99. The lowest BCUT2D eigenvalue weighted by molar-refractivity contribution is 0.591. The van der Waals surface area contributed by atoms with Gasteiger partial charge in [0.05, 0.1) is 5.75 Å². The van der Waals surface area contributed by atoms with Crippen molar-refractivity contribution in [3.05, 3.63) is 0 Å². The Labute approximate surface area is 75.5 Å². The minimum Gasteiger partial charge on any atom is -0.316 e. The Kier molecular flexibility index (Phi) is 6.38. The molecule has 0 heterocycles. The van der Waals surface area contributed by atoms with Crippen LogP contribution in [-0.4, -0.2) is 33.5 Å². The van der Waals surface area contributed by atoms with Gasteiger partial charge in [-0.25, -0.2) is 8.42 Å². The second kappa shape index (κ2) is 6.43. The highest BCUT2D eigenvalue weighted by molar-refractivity contribution is 7.90. The van der Waals surface area contributed by atoms with Gasteiger partial charge < -0.3 is 5.32 Å². The van der Waals surface area contributed by atoms with E-state index in [1.54, 1.807) is 0 Å². The van der Waals surface area contributed by atoms with Gasteiger partial charge in [-0.3, -0.25) is 0 Å². The monoisotopic (exact) mass is 193 g/mol. The van der Waals surface area contributed by atoms with Crippen LogP contribution in [0.25, 0.3) is 0 Å². The summed E-state index contributed by atoms with van der Waals surface area (Å²) in [6.45, 7) is 3.67. The summed E-state index contributed by atoms with van der Waals surface area (Å²) in [5, 5.41) is 3.10. The van der Waals surface area contributed by atoms with Crippen molar-refractivity contribution in [3.63, 3.8) is 0 Å². The van der Waals surface area contributed by atoms with E-state index in [0.29, 0.717) is 6.54 Å². The van der Waals surface area contributed by atoms with Crippen LogP contribution in [0.1, 0.15) is 26.2 Å². The predicted molar refractivity (Wildman–Crippen MR) is 52.1 cm³/mol. The van der Waals surface area contributed by atoms with Crippen LogP contribution in [0, 0.1) is 0 Å². The van der Waals surface area contributed by atoms with Crippen molar-refractivity contribution in [1.82, 2.24) is 5.32 Å². The second-order valence-electron chi connectivity index (χ2n) is 3.09. The summed E-state index contributed by atoms with van der Waals surface area (Å²) >= 11 is 0. The van der Waals surface area contributed by atoms with E-state index < -0.39 is 9.84 Å². The topological polar surface area (TPSA) is 46.2 Å². The molecule has 0 aromatic rings. The van der Waals surface area contributed by atoms with Gasteiger partial charge in [-0.05, 0) is 13.0 Å². The van der Waals surface area contributed by atoms with Crippen LogP contribution in [-0.2, 0) is 9.84 Å². The Bertz CT molecular complexity index is 187. The molecule has 0 rings (SSSR count). The third-order valence-electron chi connectivity index (χ3n) is 1.61. The molecule has 0 bridgehead atoms. The first-order valence-corrected chi connectivity index (χ1v) is 6.50. The molecule has 0 unspecified atom stereocenters. The molecule has 4 heteroatoms. The molecule has 0 saturated heterocycles. The van der Waals surface area contributed by atoms with Crippen LogP contribution in [0.5, 0.6) is 0 Å². The molecule has 1 N–H and O–H groups in total. The van der Waals surface area contributed by atoms with Crippen molar-refractivity contribution in [1.29, 1.82) is 0 Å². The molecule has 12 heavy (non-hydrogen) atoms. The molecule has 0 spiro atoms. The van der Waals surface area contributed by atoms with Crippen LogP contribution in [0.15, 0.2) is 0 Å². The van der Waals surface area contributed by atoms with Crippen molar-refractivity contribution in [2.75, 3.05) is 25.1 Å². The van der Waals surface area contributed by atoms with E-state index in [9.17, 15) is 8.42 Å². The zero-order valence-corrected chi connectivity index (χ0v) is 8.78. The van der Waals surface area contributed by atoms with E-state index in [1.807, 2.05) is 0 Å². The molecule has 3 nitrogen and oxygen atoms in total. The zero-order chi connectivity index (χ0) is 9.45. The van der Waals surface area contributed by atoms with E-state index in [-0.39, 0.29) is 5.75 Å². The van der Waals surface area contributed by atoms with Crippen molar-refractivity contribution < 1.29 is 8.42 Å². The first kappa shape index (κ1) is 11.9. The predicted octanol–water partition coefficient (Wildman–Crippen LogP) is 0.811. The largest absolute Gasteiger partial charge is 0.316 e. The maximum atomic E-state index is 10.7. The summed E-state index contributed by atoms with van der Waals surface area (Å²) in [5.41, 5.74) is 0. The van der Waals surface area contributed by atoms with Gasteiger partial charge in [-0.2, -0.15) is 0 Å². The second-order valence-corrected chi connectivity index (χ2v) is 5.35. The number of sulfone groups is 1.